The van der Waals surface area contributed by atoms with Crippen molar-refractivity contribution in [1.29, 1.82) is 0 Å². The molecule has 3 aliphatic rings. The molecule has 31 heavy (non-hydrogen) atoms. The number of hydrogen-bond acceptors (Lipinski definition) is 8. The number of aromatic amines is 1. The molecular formula is C22H28N6O2S. The lowest BCUT2D eigenvalue weighted by Crippen LogP contribution is -2.76. The molecule has 4 atom stereocenters. The fourth-order valence-electron chi connectivity index (χ4n) is 5.28. The second-order valence-corrected chi connectivity index (χ2v) is 10.2. The van der Waals surface area contributed by atoms with Crippen molar-refractivity contribution in [2.75, 3.05) is 25.6 Å². The number of aromatic hydroxyl groups is 1. The summed E-state index contributed by atoms with van der Waals surface area (Å²) in [6.45, 7) is 5.54. The normalized spacial score (nSPS) is 29.9. The average Bonchev–Trinajstić information content (AvgIpc) is 3.46. The number of likely N-dealkylation sites (N-methyl/N-ethyl adjacent to an activating group) is 1. The van der Waals surface area contributed by atoms with Gasteiger partial charge in [-0.1, -0.05) is 24.3 Å². The highest BCUT2D eigenvalue weighted by Gasteiger charge is 2.58. The van der Waals surface area contributed by atoms with Gasteiger partial charge in [0.1, 0.15) is 5.75 Å². The Balaban J connectivity index is 1.44. The highest BCUT2D eigenvalue weighted by molar-refractivity contribution is 7.18. The number of hydrogen-bond donors (Lipinski definition) is 3. The van der Waals surface area contributed by atoms with Crippen molar-refractivity contribution >= 4 is 16.5 Å². The van der Waals surface area contributed by atoms with E-state index >= 15 is 0 Å². The van der Waals surface area contributed by atoms with Gasteiger partial charge in [0.15, 0.2) is 5.01 Å². The Morgan fingerprint density at radius 1 is 1.23 bits per heavy atom. The van der Waals surface area contributed by atoms with Gasteiger partial charge in [0.2, 0.25) is 5.13 Å². The van der Waals surface area contributed by atoms with Crippen LogP contribution in [0.3, 0.4) is 0 Å². The Kier molecular flexibility index (Phi) is 4.80. The highest BCUT2D eigenvalue weighted by atomic mass is 32.1. The quantitative estimate of drug-likeness (QED) is 0.560. The van der Waals surface area contributed by atoms with Crippen LogP contribution in [0.1, 0.15) is 26.7 Å². The summed E-state index contributed by atoms with van der Waals surface area (Å²) in [4.78, 5) is 2.23. The van der Waals surface area contributed by atoms with Crippen molar-refractivity contribution in [3.05, 3.63) is 30.6 Å². The fraction of sp³-hybridized carbons (Fsp3) is 0.500. The van der Waals surface area contributed by atoms with Crippen molar-refractivity contribution in [1.82, 2.24) is 25.7 Å². The maximum atomic E-state index is 10.6. The summed E-state index contributed by atoms with van der Waals surface area (Å²) in [5, 5.41) is 31.5. The molecule has 1 saturated carbocycles. The number of piperidine rings is 2. The first-order valence-electron chi connectivity index (χ1n) is 10.5. The molecule has 3 aromatic rings. The predicted molar refractivity (Wildman–Crippen MR) is 121 cm³/mol. The van der Waals surface area contributed by atoms with E-state index in [0.717, 1.165) is 35.6 Å². The van der Waals surface area contributed by atoms with E-state index in [0.29, 0.717) is 10.6 Å². The minimum Gasteiger partial charge on any atom is -0.507 e. The SMILES string of the molecule is COC1[C@@H](N(C)c2nnc(-c3ccc(-c4cn[nH]c4)cc3O)s2)[C@@]2(C)CC[C@]1(C)NC2. The first-order valence-corrected chi connectivity index (χ1v) is 11.3. The zero-order chi connectivity index (χ0) is 21.8. The van der Waals surface area contributed by atoms with Gasteiger partial charge in [0.05, 0.1) is 23.9 Å². The van der Waals surface area contributed by atoms with Gasteiger partial charge in [0.25, 0.3) is 0 Å². The van der Waals surface area contributed by atoms with Gasteiger partial charge in [-0.3, -0.25) is 5.10 Å². The maximum absolute atomic E-state index is 10.6. The van der Waals surface area contributed by atoms with Gasteiger partial charge >= 0.3 is 0 Å². The number of anilines is 1. The molecule has 0 amide bonds. The van der Waals surface area contributed by atoms with Crippen LogP contribution in [0, 0.1) is 5.41 Å². The summed E-state index contributed by atoms with van der Waals surface area (Å²) in [5.41, 5.74) is 2.55. The van der Waals surface area contributed by atoms with Crippen LogP contribution >= 0.6 is 11.3 Å². The number of benzene rings is 1. The Morgan fingerprint density at radius 2 is 2.06 bits per heavy atom. The summed E-state index contributed by atoms with van der Waals surface area (Å²) in [6, 6.07) is 5.77. The van der Waals surface area contributed by atoms with E-state index in [1.54, 1.807) is 25.6 Å². The van der Waals surface area contributed by atoms with Gasteiger partial charge in [-0.05, 0) is 37.5 Å². The molecule has 0 spiro atoms. The van der Waals surface area contributed by atoms with Crippen molar-refractivity contribution in [2.24, 2.45) is 5.41 Å². The standard InChI is InChI=1S/C22H28N6O2S/c1-21-7-8-22(2,23-12-21)18(30-4)17(21)28(3)20-27-26-19(31-20)15-6-5-13(9-16(15)29)14-10-24-25-11-14/h5-6,9-11,17-18,23,29H,7-8,12H2,1-4H3,(H,24,25)/t17-,18?,21+,22+/m1/s1. The second kappa shape index (κ2) is 7.29. The third-order valence-corrected chi connectivity index (χ3v) is 8.23. The molecule has 1 aromatic carbocycles. The number of methoxy groups -OCH3 is 1. The molecule has 0 radical (unpaired) electrons. The summed E-state index contributed by atoms with van der Waals surface area (Å²) in [7, 11) is 3.88. The van der Waals surface area contributed by atoms with Crippen LogP contribution in [0.5, 0.6) is 5.75 Å². The average molecular weight is 441 g/mol. The first kappa shape index (κ1) is 20.4. The number of H-pyrrole nitrogens is 1. The summed E-state index contributed by atoms with van der Waals surface area (Å²) >= 11 is 1.49. The van der Waals surface area contributed by atoms with E-state index in [2.05, 4.69) is 51.5 Å². The minimum absolute atomic E-state index is 0.0415. The topological polar surface area (TPSA) is 99.2 Å². The van der Waals surface area contributed by atoms with Crippen LogP contribution in [-0.2, 0) is 4.74 Å². The molecule has 9 heteroatoms. The molecular weight excluding hydrogens is 412 g/mol. The summed E-state index contributed by atoms with van der Waals surface area (Å²) < 4.78 is 6.01. The number of rotatable bonds is 5. The maximum Gasteiger partial charge on any atom is 0.208 e. The van der Waals surface area contributed by atoms with E-state index in [-0.39, 0.29) is 28.8 Å². The molecule has 2 aliphatic heterocycles. The van der Waals surface area contributed by atoms with E-state index in [9.17, 15) is 5.11 Å². The number of aromatic nitrogens is 4. The van der Waals surface area contributed by atoms with Crippen LogP contribution < -0.4 is 10.2 Å². The van der Waals surface area contributed by atoms with E-state index < -0.39 is 0 Å². The fourth-order valence-corrected chi connectivity index (χ4v) is 6.16. The van der Waals surface area contributed by atoms with Crippen molar-refractivity contribution in [2.45, 2.75) is 44.4 Å². The van der Waals surface area contributed by atoms with E-state index in [1.165, 1.54) is 11.3 Å². The molecule has 2 saturated heterocycles. The number of phenolic OH excluding ortho intramolecular Hbond substituents is 1. The van der Waals surface area contributed by atoms with Crippen LogP contribution in [0.15, 0.2) is 30.6 Å². The van der Waals surface area contributed by atoms with E-state index in [4.69, 9.17) is 4.74 Å². The lowest BCUT2D eigenvalue weighted by Gasteiger charge is -2.61. The Bertz CT molecular complexity index is 1070. The molecule has 6 rings (SSSR count). The molecule has 164 valence electrons. The zero-order valence-corrected chi connectivity index (χ0v) is 19.0. The van der Waals surface area contributed by atoms with Crippen LogP contribution in [-0.4, -0.2) is 63.9 Å². The van der Waals surface area contributed by atoms with Gasteiger partial charge in [0, 0.05) is 43.4 Å². The van der Waals surface area contributed by atoms with Gasteiger partial charge < -0.3 is 20.1 Å². The molecule has 1 aliphatic carbocycles. The molecule has 2 aromatic heterocycles. The van der Waals surface area contributed by atoms with Gasteiger partial charge in [-0.25, -0.2) is 0 Å². The summed E-state index contributed by atoms with van der Waals surface area (Å²) in [5.74, 6) is 0.180. The number of ether oxygens (including phenoxy) is 1. The molecule has 3 fully saturated rings. The third-order valence-electron chi connectivity index (χ3n) is 7.19. The van der Waals surface area contributed by atoms with Crippen molar-refractivity contribution in [3.8, 4) is 27.4 Å². The lowest BCUT2D eigenvalue weighted by molar-refractivity contribution is -0.101. The lowest BCUT2D eigenvalue weighted by atomic mass is 9.59. The Hall–Kier alpha value is -2.49. The van der Waals surface area contributed by atoms with Crippen LogP contribution in [0.2, 0.25) is 0 Å². The third kappa shape index (κ3) is 3.22. The highest BCUT2D eigenvalue weighted by Crippen LogP contribution is 2.49. The Morgan fingerprint density at radius 3 is 2.71 bits per heavy atom. The van der Waals surface area contributed by atoms with Crippen molar-refractivity contribution in [3.63, 3.8) is 0 Å². The van der Waals surface area contributed by atoms with Gasteiger partial charge in [-0.2, -0.15) is 5.10 Å². The van der Waals surface area contributed by atoms with Crippen LogP contribution in [0.25, 0.3) is 21.7 Å². The van der Waals surface area contributed by atoms with Crippen LogP contribution in [0.4, 0.5) is 5.13 Å². The zero-order valence-electron chi connectivity index (χ0n) is 18.2. The number of phenols is 1. The van der Waals surface area contributed by atoms with Crippen molar-refractivity contribution < 1.29 is 9.84 Å². The molecule has 2 bridgehead atoms. The summed E-state index contributed by atoms with van der Waals surface area (Å²) in [6.07, 6.45) is 5.83. The largest absolute Gasteiger partial charge is 0.507 e. The first-order chi connectivity index (χ1) is 14.8. The Labute approximate surface area is 185 Å². The van der Waals surface area contributed by atoms with Gasteiger partial charge in [-0.15, -0.1) is 10.2 Å². The second-order valence-electron chi connectivity index (χ2n) is 9.25. The smallest absolute Gasteiger partial charge is 0.208 e. The number of nitrogens with zero attached hydrogens (tertiary/aromatic N) is 4. The molecule has 3 N–H and O–H groups in total. The monoisotopic (exact) mass is 440 g/mol. The molecule has 8 nitrogen and oxygen atoms in total. The predicted octanol–water partition coefficient (Wildman–Crippen LogP) is 3.28. The molecule has 1 unspecified atom stereocenters. The molecule has 4 heterocycles. The van der Waals surface area contributed by atoms with E-state index in [1.807, 2.05) is 12.1 Å². The number of nitrogens with one attached hydrogen (secondary N) is 2. The minimum atomic E-state index is -0.0415. The number of fused-ring (bicyclic) bond motifs is 3.